The summed E-state index contributed by atoms with van der Waals surface area (Å²) in [6.07, 6.45) is 7.60. The number of hydrogen-bond acceptors (Lipinski definition) is 7. The molecule has 7 N–H and O–H groups in total. The van der Waals surface area contributed by atoms with Crippen LogP contribution in [-0.2, 0) is 32.0 Å². The van der Waals surface area contributed by atoms with Gasteiger partial charge in [-0.15, -0.1) is 0 Å². The summed E-state index contributed by atoms with van der Waals surface area (Å²) in [7, 11) is 0. The molecule has 0 saturated carbocycles. The normalized spacial score (nSPS) is 18.0. The average Bonchev–Trinajstić information content (AvgIpc) is 3.59. The van der Waals surface area contributed by atoms with E-state index in [9.17, 15) is 24.3 Å². The largest absolute Gasteiger partial charge is 0.480 e. The van der Waals surface area contributed by atoms with Crippen LogP contribution in [0.4, 0.5) is 0 Å². The average molecular weight is 503 g/mol. The van der Waals surface area contributed by atoms with E-state index in [0.29, 0.717) is 37.2 Å². The van der Waals surface area contributed by atoms with Gasteiger partial charge < -0.3 is 36.3 Å². The van der Waals surface area contributed by atoms with Gasteiger partial charge in [0.15, 0.2) is 0 Å². The van der Waals surface area contributed by atoms with Crippen LogP contribution in [0.1, 0.15) is 44.5 Å². The van der Waals surface area contributed by atoms with Gasteiger partial charge in [-0.2, -0.15) is 0 Å². The molecule has 0 unspecified atom stereocenters. The third kappa shape index (κ3) is 7.13. The number of hydrogen-bond donors (Lipinski definition) is 6. The lowest BCUT2D eigenvalue weighted by Crippen LogP contribution is -2.57. The first-order valence-electron chi connectivity index (χ1n) is 12.0. The number of carboxylic acids is 1. The Hall–Kier alpha value is -3.74. The van der Waals surface area contributed by atoms with Crippen molar-refractivity contribution in [3.05, 3.63) is 36.4 Å². The van der Waals surface area contributed by atoms with E-state index in [1.807, 2.05) is 13.8 Å². The van der Waals surface area contributed by atoms with Crippen LogP contribution >= 0.6 is 0 Å². The fraction of sp³-hybridized carbons (Fsp3) is 0.565. The number of carbonyl (C=O) groups excluding carboxylic acids is 3. The number of imidazole rings is 2. The molecule has 4 atom stereocenters. The number of amides is 3. The van der Waals surface area contributed by atoms with E-state index in [4.69, 9.17) is 5.73 Å². The van der Waals surface area contributed by atoms with Gasteiger partial charge in [0.2, 0.25) is 17.7 Å². The molecule has 0 aromatic carbocycles. The maximum Gasteiger partial charge on any atom is 0.326 e. The summed E-state index contributed by atoms with van der Waals surface area (Å²) in [5.41, 5.74) is 7.30. The Kier molecular flexibility index (Phi) is 9.17. The van der Waals surface area contributed by atoms with E-state index in [-0.39, 0.29) is 24.7 Å². The van der Waals surface area contributed by atoms with E-state index in [0.717, 1.165) is 0 Å². The van der Waals surface area contributed by atoms with Crippen LogP contribution in [0.2, 0.25) is 0 Å². The van der Waals surface area contributed by atoms with Gasteiger partial charge in [0, 0.05) is 43.2 Å². The zero-order valence-corrected chi connectivity index (χ0v) is 20.4. The van der Waals surface area contributed by atoms with Crippen LogP contribution in [0.15, 0.2) is 25.0 Å². The Morgan fingerprint density at radius 1 is 1.08 bits per heavy atom. The third-order valence-electron chi connectivity index (χ3n) is 6.09. The summed E-state index contributed by atoms with van der Waals surface area (Å²) in [5.74, 6) is -2.51. The van der Waals surface area contributed by atoms with Gasteiger partial charge in [-0.3, -0.25) is 14.4 Å². The predicted molar refractivity (Wildman–Crippen MR) is 128 cm³/mol. The molecule has 13 nitrogen and oxygen atoms in total. The molecule has 0 bridgehead atoms. The van der Waals surface area contributed by atoms with Crippen molar-refractivity contribution in [3.8, 4) is 0 Å². The number of nitrogens with two attached hydrogens (primary N) is 1. The van der Waals surface area contributed by atoms with Crippen LogP contribution < -0.4 is 16.4 Å². The van der Waals surface area contributed by atoms with Crippen molar-refractivity contribution >= 4 is 23.7 Å². The Balaban J connectivity index is 1.67. The Morgan fingerprint density at radius 3 is 2.28 bits per heavy atom. The SMILES string of the molecule is CC(C)C[C@H](NC(=O)[C@@H](N)Cc1cnc[nH]1)C(=O)N1CCC[C@H]1C(=O)N[C@@H](Cc1cnc[nH]1)C(=O)O. The molecule has 1 saturated heterocycles. The molecule has 36 heavy (non-hydrogen) atoms. The van der Waals surface area contributed by atoms with Crippen molar-refractivity contribution in [2.24, 2.45) is 11.7 Å². The number of carbonyl (C=O) groups is 4. The summed E-state index contributed by atoms with van der Waals surface area (Å²) < 4.78 is 0. The monoisotopic (exact) mass is 502 g/mol. The van der Waals surface area contributed by atoms with Gasteiger partial charge in [-0.05, 0) is 25.2 Å². The van der Waals surface area contributed by atoms with Crippen LogP contribution in [0.3, 0.4) is 0 Å². The predicted octanol–water partition coefficient (Wildman–Crippen LogP) is -0.663. The van der Waals surface area contributed by atoms with E-state index in [2.05, 4.69) is 30.6 Å². The molecular weight excluding hydrogens is 468 g/mol. The summed E-state index contributed by atoms with van der Waals surface area (Å²) in [6.45, 7) is 4.19. The van der Waals surface area contributed by atoms with Crippen molar-refractivity contribution in [1.82, 2.24) is 35.5 Å². The zero-order chi connectivity index (χ0) is 26.2. The molecule has 3 heterocycles. The first kappa shape index (κ1) is 26.9. The van der Waals surface area contributed by atoms with E-state index in [1.165, 1.54) is 23.8 Å². The number of aromatic nitrogens is 4. The number of likely N-dealkylation sites (tertiary alicyclic amines) is 1. The highest BCUT2D eigenvalue weighted by molar-refractivity contribution is 5.94. The van der Waals surface area contributed by atoms with Gasteiger partial charge in [0.25, 0.3) is 0 Å². The molecule has 2 aromatic rings. The standard InChI is InChI=1S/C23H34N8O5/c1-13(2)6-17(29-20(32)16(24)7-14-9-25-11-27-14)22(34)31-5-3-4-19(31)21(33)30-18(23(35)36)8-15-10-26-12-28-15/h9-13,16-19H,3-8,24H2,1-2H3,(H,25,27)(H,26,28)(H,29,32)(H,30,33)(H,35,36)/t16-,17-,18-,19-/m0/s1. The second-order valence-electron chi connectivity index (χ2n) is 9.45. The lowest BCUT2D eigenvalue weighted by Gasteiger charge is -2.30. The molecule has 2 aromatic heterocycles. The van der Waals surface area contributed by atoms with Gasteiger partial charge in [0.1, 0.15) is 18.1 Å². The van der Waals surface area contributed by atoms with Crippen molar-refractivity contribution in [2.45, 2.75) is 70.1 Å². The maximum atomic E-state index is 13.5. The van der Waals surface area contributed by atoms with Gasteiger partial charge >= 0.3 is 5.97 Å². The Bertz CT molecular complexity index is 1020. The molecule has 1 aliphatic heterocycles. The maximum absolute atomic E-state index is 13.5. The molecule has 0 aliphatic carbocycles. The first-order valence-corrected chi connectivity index (χ1v) is 12.0. The quantitative estimate of drug-likeness (QED) is 0.219. The fourth-order valence-corrected chi connectivity index (χ4v) is 4.29. The van der Waals surface area contributed by atoms with Crippen molar-refractivity contribution < 1.29 is 24.3 Å². The van der Waals surface area contributed by atoms with E-state index < -0.39 is 42.0 Å². The minimum atomic E-state index is -1.19. The number of nitrogens with one attached hydrogen (secondary N) is 4. The minimum Gasteiger partial charge on any atom is -0.480 e. The second kappa shape index (κ2) is 12.3. The second-order valence-corrected chi connectivity index (χ2v) is 9.45. The lowest BCUT2D eigenvalue weighted by atomic mass is 10.0. The highest BCUT2D eigenvalue weighted by atomic mass is 16.4. The molecule has 3 amide bonds. The first-order chi connectivity index (χ1) is 17.2. The van der Waals surface area contributed by atoms with Crippen LogP contribution in [0.5, 0.6) is 0 Å². The van der Waals surface area contributed by atoms with Crippen molar-refractivity contribution in [2.75, 3.05) is 6.54 Å². The third-order valence-corrected chi connectivity index (χ3v) is 6.09. The number of aromatic amines is 2. The molecule has 196 valence electrons. The fourth-order valence-electron chi connectivity index (χ4n) is 4.29. The molecule has 1 fully saturated rings. The molecule has 1 aliphatic rings. The number of nitrogens with zero attached hydrogens (tertiary/aromatic N) is 3. The topological polar surface area (TPSA) is 199 Å². The number of H-pyrrole nitrogens is 2. The van der Waals surface area contributed by atoms with Crippen molar-refractivity contribution in [3.63, 3.8) is 0 Å². The number of rotatable bonds is 12. The summed E-state index contributed by atoms with van der Waals surface area (Å²) in [5, 5.41) is 14.9. The molecule has 0 radical (unpaired) electrons. The number of carboxylic acid groups (broad SMARTS) is 1. The van der Waals surface area contributed by atoms with Crippen LogP contribution in [-0.4, -0.2) is 84.3 Å². The van der Waals surface area contributed by atoms with Crippen LogP contribution in [0.25, 0.3) is 0 Å². The summed E-state index contributed by atoms with van der Waals surface area (Å²) in [6, 6.07) is -3.75. The zero-order valence-electron chi connectivity index (χ0n) is 20.4. The van der Waals surface area contributed by atoms with Crippen molar-refractivity contribution in [1.29, 1.82) is 0 Å². The highest BCUT2D eigenvalue weighted by Gasteiger charge is 2.39. The van der Waals surface area contributed by atoms with Crippen LogP contribution in [0, 0.1) is 5.92 Å². The van der Waals surface area contributed by atoms with Gasteiger partial charge in [0.05, 0.1) is 18.7 Å². The number of aliphatic carboxylic acids is 1. The molecule has 3 rings (SSSR count). The van der Waals surface area contributed by atoms with E-state index in [1.54, 1.807) is 6.20 Å². The Labute approximate surface area is 208 Å². The summed E-state index contributed by atoms with van der Waals surface area (Å²) >= 11 is 0. The lowest BCUT2D eigenvalue weighted by molar-refractivity contribution is -0.145. The van der Waals surface area contributed by atoms with Gasteiger partial charge in [-0.1, -0.05) is 13.8 Å². The minimum absolute atomic E-state index is 0.0298. The smallest absolute Gasteiger partial charge is 0.326 e. The molecular formula is C23H34N8O5. The summed E-state index contributed by atoms with van der Waals surface area (Å²) in [4.78, 5) is 66.0. The molecule has 0 spiro atoms. The highest BCUT2D eigenvalue weighted by Crippen LogP contribution is 2.21. The molecule has 13 heteroatoms. The van der Waals surface area contributed by atoms with E-state index >= 15 is 0 Å². The van der Waals surface area contributed by atoms with Gasteiger partial charge in [-0.25, -0.2) is 14.8 Å². The Morgan fingerprint density at radius 2 is 1.72 bits per heavy atom.